The molecule has 1 rings (SSSR count). The first-order chi connectivity index (χ1) is 8.44. The zero-order valence-electron chi connectivity index (χ0n) is 12.4. The van der Waals surface area contributed by atoms with Crippen LogP contribution in [0.4, 0.5) is 5.69 Å². The molecule has 0 aliphatic heterocycles. The highest BCUT2D eigenvalue weighted by Crippen LogP contribution is 2.22. The zero-order chi connectivity index (χ0) is 13.6. The van der Waals surface area contributed by atoms with Gasteiger partial charge in [-0.05, 0) is 43.9 Å². The van der Waals surface area contributed by atoms with Gasteiger partial charge in [-0.3, -0.25) is 0 Å². The zero-order valence-corrected chi connectivity index (χ0v) is 12.4. The monoisotopic (exact) mass is 248 g/mol. The quantitative estimate of drug-likeness (QED) is 0.747. The van der Waals surface area contributed by atoms with E-state index in [1.807, 2.05) is 0 Å². The number of hydrogen-bond donors (Lipinski definition) is 1. The highest BCUT2D eigenvalue weighted by Gasteiger charge is 2.14. The van der Waals surface area contributed by atoms with Gasteiger partial charge >= 0.3 is 0 Å². The van der Waals surface area contributed by atoms with Crippen molar-refractivity contribution >= 4 is 5.69 Å². The van der Waals surface area contributed by atoms with E-state index in [1.165, 1.54) is 30.5 Å². The van der Waals surface area contributed by atoms with Crippen molar-refractivity contribution in [2.75, 3.05) is 25.0 Å². The van der Waals surface area contributed by atoms with Gasteiger partial charge in [-0.25, -0.2) is 0 Å². The lowest BCUT2D eigenvalue weighted by Crippen LogP contribution is -2.24. The molecule has 0 bridgehead atoms. The highest BCUT2D eigenvalue weighted by molar-refractivity contribution is 5.46. The number of nitrogens with zero attached hydrogens (tertiary/aromatic N) is 1. The van der Waals surface area contributed by atoms with E-state index < -0.39 is 0 Å². The number of hydrogen-bond acceptors (Lipinski definition) is 2. The van der Waals surface area contributed by atoms with Crippen LogP contribution in [0, 0.1) is 12.3 Å². The summed E-state index contributed by atoms with van der Waals surface area (Å²) in [6.07, 6.45) is 3.69. The van der Waals surface area contributed by atoms with Gasteiger partial charge in [0.05, 0.1) is 0 Å². The van der Waals surface area contributed by atoms with Gasteiger partial charge in [-0.2, -0.15) is 0 Å². The van der Waals surface area contributed by atoms with E-state index in [1.54, 1.807) is 0 Å². The molecule has 0 heterocycles. The van der Waals surface area contributed by atoms with E-state index in [0.717, 1.165) is 13.1 Å². The molecule has 2 nitrogen and oxygen atoms in total. The lowest BCUT2D eigenvalue weighted by atomic mass is 9.87. The topological polar surface area (TPSA) is 29.3 Å². The molecule has 0 radical (unpaired) electrons. The molecule has 0 spiro atoms. The first kappa shape index (κ1) is 15.0. The largest absolute Gasteiger partial charge is 0.375 e. The Morgan fingerprint density at radius 2 is 1.72 bits per heavy atom. The summed E-state index contributed by atoms with van der Waals surface area (Å²) in [5.41, 5.74) is 8.66. The number of unbranched alkanes of at least 4 members (excludes halogenated alkanes) is 1. The second-order valence-electron chi connectivity index (χ2n) is 6.08. The Balaban J connectivity index is 2.29. The summed E-state index contributed by atoms with van der Waals surface area (Å²) in [7, 11) is 2.17. The average molecular weight is 248 g/mol. The molecule has 1 aromatic carbocycles. The Bertz CT molecular complexity index is 341. The average Bonchev–Trinajstić information content (AvgIpc) is 2.35. The number of nitrogens with two attached hydrogens (primary N) is 1. The van der Waals surface area contributed by atoms with E-state index >= 15 is 0 Å². The summed E-state index contributed by atoms with van der Waals surface area (Å²) in [4.78, 5) is 2.33. The molecule has 0 fully saturated rings. The SMILES string of the molecule is Cc1ccc(N(C)CCCCC(C)(C)CN)cc1. The molecule has 0 aliphatic rings. The van der Waals surface area contributed by atoms with Crippen LogP contribution in [0.5, 0.6) is 0 Å². The summed E-state index contributed by atoms with van der Waals surface area (Å²) in [5, 5.41) is 0. The molecule has 18 heavy (non-hydrogen) atoms. The third-order valence-electron chi connectivity index (χ3n) is 3.62. The summed E-state index contributed by atoms with van der Waals surface area (Å²) in [5.74, 6) is 0. The van der Waals surface area contributed by atoms with Gasteiger partial charge in [0, 0.05) is 19.3 Å². The number of benzene rings is 1. The van der Waals surface area contributed by atoms with Gasteiger partial charge in [-0.15, -0.1) is 0 Å². The van der Waals surface area contributed by atoms with E-state index in [-0.39, 0.29) is 0 Å². The lowest BCUT2D eigenvalue weighted by molar-refractivity contribution is 0.333. The second kappa shape index (κ2) is 6.79. The molecule has 0 aromatic heterocycles. The maximum absolute atomic E-state index is 5.74. The molecule has 0 aliphatic carbocycles. The van der Waals surface area contributed by atoms with Crippen molar-refractivity contribution in [2.24, 2.45) is 11.1 Å². The molecule has 0 saturated carbocycles. The Labute approximate surface area is 112 Å². The predicted molar refractivity (Wildman–Crippen MR) is 81.1 cm³/mol. The molecular formula is C16H28N2. The van der Waals surface area contributed by atoms with E-state index in [9.17, 15) is 0 Å². The van der Waals surface area contributed by atoms with Crippen molar-refractivity contribution in [3.63, 3.8) is 0 Å². The van der Waals surface area contributed by atoms with Gasteiger partial charge < -0.3 is 10.6 Å². The fraction of sp³-hybridized carbons (Fsp3) is 0.625. The Morgan fingerprint density at radius 1 is 1.11 bits per heavy atom. The van der Waals surface area contributed by atoms with Crippen molar-refractivity contribution in [3.8, 4) is 0 Å². The summed E-state index contributed by atoms with van der Waals surface area (Å²) in [6.45, 7) is 8.51. The molecule has 0 atom stereocenters. The van der Waals surface area contributed by atoms with Crippen LogP contribution >= 0.6 is 0 Å². The van der Waals surface area contributed by atoms with Crippen LogP contribution in [0.2, 0.25) is 0 Å². The van der Waals surface area contributed by atoms with E-state index in [0.29, 0.717) is 5.41 Å². The van der Waals surface area contributed by atoms with Crippen molar-refractivity contribution in [2.45, 2.75) is 40.0 Å². The normalized spacial score (nSPS) is 11.6. The van der Waals surface area contributed by atoms with Crippen molar-refractivity contribution < 1.29 is 0 Å². The maximum atomic E-state index is 5.74. The smallest absolute Gasteiger partial charge is 0.0363 e. The minimum atomic E-state index is 0.294. The van der Waals surface area contributed by atoms with Crippen LogP contribution in [0.3, 0.4) is 0 Å². The first-order valence-electron chi connectivity index (χ1n) is 6.92. The minimum Gasteiger partial charge on any atom is -0.375 e. The van der Waals surface area contributed by atoms with Gasteiger partial charge in [0.2, 0.25) is 0 Å². The van der Waals surface area contributed by atoms with Crippen molar-refractivity contribution in [1.82, 2.24) is 0 Å². The molecule has 1 aromatic rings. The van der Waals surface area contributed by atoms with Crippen LogP contribution in [-0.4, -0.2) is 20.1 Å². The van der Waals surface area contributed by atoms with Crippen LogP contribution < -0.4 is 10.6 Å². The third kappa shape index (κ3) is 5.09. The standard InChI is InChI=1S/C16H28N2/c1-14-7-9-15(10-8-14)18(4)12-6-5-11-16(2,3)13-17/h7-10H,5-6,11-13,17H2,1-4H3. The highest BCUT2D eigenvalue weighted by atomic mass is 15.1. The van der Waals surface area contributed by atoms with Crippen LogP contribution in [0.1, 0.15) is 38.7 Å². The van der Waals surface area contributed by atoms with Crippen molar-refractivity contribution in [3.05, 3.63) is 29.8 Å². The molecule has 2 N–H and O–H groups in total. The fourth-order valence-corrected chi connectivity index (χ4v) is 1.98. The third-order valence-corrected chi connectivity index (χ3v) is 3.62. The van der Waals surface area contributed by atoms with Gasteiger partial charge in [0.25, 0.3) is 0 Å². The summed E-state index contributed by atoms with van der Waals surface area (Å²) >= 11 is 0. The summed E-state index contributed by atoms with van der Waals surface area (Å²) < 4.78 is 0. The molecule has 2 heteroatoms. The lowest BCUT2D eigenvalue weighted by Gasteiger charge is -2.23. The number of rotatable bonds is 7. The Kier molecular flexibility index (Phi) is 5.67. The molecule has 102 valence electrons. The summed E-state index contributed by atoms with van der Waals surface area (Å²) in [6, 6.07) is 8.73. The minimum absolute atomic E-state index is 0.294. The van der Waals surface area contributed by atoms with Crippen LogP contribution in [0.25, 0.3) is 0 Å². The molecule has 0 unspecified atom stereocenters. The van der Waals surface area contributed by atoms with E-state index in [2.05, 4.69) is 57.0 Å². The number of aryl methyl sites for hydroxylation is 1. The predicted octanol–water partition coefficient (Wildman–Crippen LogP) is 3.59. The second-order valence-corrected chi connectivity index (χ2v) is 6.08. The number of anilines is 1. The molecule has 0 saturated heterocycles. The van der Waals surface area contributed by atoms with Gasteiger partial charge in [0.1, 0.15) is 0 Å². The molecular weight excluding hydrogens is 220 g/mol. The Hall–Kier alpha value is -1.02. The van der Waals surface area contributed by atoms with Gasteiger partial charge in [-0.1, -0.05) is 38.0 Å². The van der Waals surface area contributed by atoms with Crippen molar-refractivity contribution in [1.29, 1.82) is 0 Å². The molecule has 0 amide bonds. The fourth-order valence-electron chi connectivity index (χ4n) is 1.98. The maximum Gasteiger partial charge on any atom is 0.0363 e. The van der Waals surface area contributed by atoms with Gasteiger partial charge in [0.15, 0.2) is 0 Å². The van der Waals surface area contributed by atoms with Crippen LogP contribution in [-0.2, 0) is 0 Å². The van der Waals surface area contributed by atoms with Crippen LogP contribution in [0.15, 0.2) is 24.3 Å². The first-order valence-corrected chi connectivity index (χ1v) is 6.92. The van der Waals surface area contributed by atoms with E-state index in [4.69, 9.17) is 5.73 Å². The Morgan fingerprint density at radius 3 is 2.28 bits per heavy atom.